The first kappa shape index (κ1) is 8.16. The summed E-state index contributed by atoms with van der Waals surface area (Å²) in [7, 11) is 0. The standard InChI is InChI=1S/C8H12O4/c1-8(2)11-6-3-5(4-9)10-7(6)12-8/h4-7H,3H2,1-2H3/t5-,6-,7-/m0/s1. The first-order valence-electron chi connectivity index (χ1n) is 4.07. The third-order valence-electron chi connectivity index (χ3n) is 2.06. The lowest BCUT2D eigenvalue weighted by molar-refractivity contribution is -0.202. The predicted octanol–water partition coefficient (Wildman–Crippen LogP) is 0.452. The van der Waals surface area contributed by atoms with Gasteiger partial charge in [0.05, 0.1) is 0 Å². The van der Waals surface area contributed by atoms with E-state index in [0.717, 1.165) is 6.29 Å². The van der Waals surface area contributed by atoms with Gasteiger partial charge in [0.2, 0.25) is 0 Å². The molecule has 0 unspecified atom stereocenters. The molecule has 0 saturated carbocycles. The van der Waals surface area contributed by atoms with Gasteiger partial charge in [0, 0.05) is 6.42 Å². The highest BCUT2D eigenvalue weighted by Gasteiger charge is 2.48. The number of hydrogen-bond acceptors (Lipinski definition) is 4. The molecule has 0 aromatic heterocycles. The number of fused-ring (bicyclic) bond motifs is 1. The van der Waals surface area contributed by atoms with Gasteiger partial charge in [-0.15, -0.1) is 0 Å². The fraction of sp³-hybridized carbons (Fsp3) is 0.875. The van der Waals surface area contributed by atoms with Gasteiger partial charge in [-0.3, -0.25) is 0 Å². The normalized spacial score (nSPS) is 44.3. The summed E-state index contributed by atoms with van der Waals surface area (Å²) in [5.74, 6) is -0.566. The summed E-state index contributed by atoms with van der Waals surface area (Å²) in [6.45, 7) is 3.68. The van der Waals surface area contributed by atoms with E-state index in [-0.39, 0.29) is 18.5 Å². The van der Waals surface area contributed by atoms with Crippen LogP contribution in [0.4, 0.5) is 0 Å². The summed E-state index contributed by atoms with van der Waals surface area (Å²) < 4.78 is 16.2. The smallest absolute Gasteiger partial charge is 0.188 e. The molecular weight excluding hydrogens is 160 g/mol. The quantitative estimate of drug-likeness (QED) is 0.539. The zero-order chi connectivity index (χ0) is 8.77. The minimum absolute atomic E-state index is 0.0739. The SMILES string of the molecule is CC1(C)O[C@@H]2O[C@H](C=O)C[C@@H]2O1. The number of aldehydes is 1. The van der Waals surface area contributed by atoms with E-state index in [9.17, 15) is 4.79 Å². The highest BCUT2D eigenvalue weighted by Crippen LogP contribution is 2.36. The Bertz CT molecular complexity index is 185. The molecule has 0 amide bonds. The second-order valence-electron chi connectivity index (χ2n) is 3.59. The molecule has 12 heavy (non-hydrogen) atoms. The molecule has 2 heterocycles. The fourth-order valence-electron chi connectivity index (χ4n) is 1.62. The third-order valence-corrected chi connectivity index (χ3v) is 2.06. The Hall–Kier alpha value is -0.450. The van der Waals surface area contributed by atoms with Crippen molar-refractivity contribution in [3.8, 4) is 0 Å². The molecule has 0 N–H and O–H groups in total. The average molecular weight is 172 g/mol. The minimum atomic E-state index is -0.566. The molecule has 68 valence electrons. The molecule has 2 aliphatic rings. The molecule has 4 nitrogen and oxygen atoms in total. The van der Waals surface area contributed by atoms with Crippen LogP contribution in [0.5, 0.6) is 0 Å². The lowest BCUT2D eigenvalue weighted by atomic mass is 10.2. The Balaban J connectivity index is 2.02. The van der Waals surface area contributed by atoms with Crippen molar-refractivity contribution in [3.05, 3.63) is 0 Å². The zero-order valence-corrected chi connectivity index (χ0v) is 7.15. The number of carbonyl (C=O) groups excluding carboxylic acids is 1. The maximum absolute atomic E-state index is 10.4. The Morgan fingerprint density at radius 2 is 2.17 bits per heavy atom. The third kappa shape index (κ3) is 1.26. The second kappa shape index (κ2) is 2.52. The largest absolute Gasteiger partial charge is 0.342 e. The van der Waals surface area contributed by atoms with Crippen molar-refractivity contribution < 1.29 is 19.0 Å². The summed E-state index contributed by atoms with van der Waals surface area (Å²) in [5, 5.41) is 0. The van der Waals surface area contributed by atoms with Crippen molar-refractivity contribution in [1.29, 1.82) is 0 Å². The molecule has 2 aliphatic heterocycles. The van der Waals surface area contributed by atoms with Crippen LogP contribution in [0.25, 0.3) is 0 Å². The van der Waals surface area contributed by atoms with Gasteiger partial charge in [-0.1, -0.05) is 0 Å². The summed E-state index contributed by atoms with van der Waals surface area (Å²) in [5.41, 5.74) is 0. The van der Waals surface area contributed by atoms with Crippen molar-refractivity contribution in [2.45, 2.75) is 44.6 Å². The highest BCUT2D eigenvalue weighted by molar-refractivity contribution is 5.56. The first-order valence-corrected chi connectivity index (χ1v) is 4.07. The molecule has 3 atom stereocenters. The van der Waals surface area contributed by atoms with E-state index < -0.39 is 5.79 Å². The zero-order valence-electron chi connectivity index (χ0n) is 7.15. The van der Waals surface area contributed by atoms with Crippen LogP contribution in [0.2, 0.25) is 0 Å². The van der Waals surface area contributed by atoms with Gasteiger partial charge in [-0.05, 0) is 13.8 Å². The Kier molecular flexibility index (Phi) is 1.71. The highest BCUT2D eigenvalue weighted by atomic mass is 16.8. The Morgan fingerprint density at radius 1 is 1.42 bits per heavy atom. The van der Waals surface area contributed by atoms with E-state index in [0.29, 0.717) is 6.42 Å². The van der Waals surface area contributed by atoms with E-state index in [2.05, 4.69) is 0 Å². The molecule has 2 fully saturated rings. The van der Waals surface area contributed by atoms with Crippen molar-refractivity contribution in [1.82, 2.24) is 0 Å². The fourth-order valence-corrected chi connectivity index (χ4v) is 1.62. The van der Waals surface area contributed by atoms with Gasteiger partial charge in [0.25, 0.3) is 0 Å². The second-order valence-corrected chi connectivity index (χ2v) is 3.59. The molecule has 0 radical (unpaired) electrons. The summed E-state index contributed by atoms with van der Waals surface area (Å²) in [6.07, 6.45) is 0.622. The molecule has 0 spiro atoms. The molecule has 4 heteroatoms. The van der Waals surface area contributed by atoms with E-state index >= 15 is 0 Å². The predicted molar refractivity (Wildman–Crippen MR) is 39.4 cm³/mol. The van der Waals surface area contributed by atoms with Crippen LogP contribution < -0.4 is 0 Å². The van der Waals surface area contributed by atoms with E-state index in [1.54, 1.807) is 0 Å². The lowest BCUT2D eigenvalue weighted by Crippen LogP contribution is -2.25. The lowest BCUT2D eigenvalue weighted by Gasteiger charge is -2.18. The number of ether oxygens (including phenoxy) is 3. The minimum Gasteiger partial charge on any atom is -0.342 e. The van der Waals surface area contributed by atoms with Crippen molar-refractivity contribution in [3.63, 3.8) is 0 Å². The number of hydrogen-bond donors (Lipinski definition) is 0. The van der Waals surface area contributed by atoms with Gasteiger partial charge in [-0.25, -0.2) is 0 Å². The Labute approximate surface area is 70.8 Å². The molecule has 2 rings (SSSR count). The van der Waals surface area contributed by atoms with E-state index in [1.165, 1.54) is 0 Å². The summed E-state index contributed by atoms with van der Waals surface area (Å²) in [4.78, 5) is 10.4. The maximum atomic E-state index is 10.4. The number of rotatable bonds is 1. The van der Waals surface area contributed by atoms with Crippen LogP contribution in [0, 0.1) is 0 Å². The van der Waals surface area contributed by atoms with Crippen LogP contribution in [0.3, 0.4) is 0 Å². The van der Waals surface area contributed by atoms with Gasteiger partial charge in [-0.2, -0.15) is 0 Å². The summed E-state index contributed by atoms with van der Waals surface area (Å²) >= 11 is 0. The van der Waals surface area contributed by atoms with Crippen LogP contribution in [0.15, 0.2) is 0 Å². The van der Waals surface area contributed by atoms with Crippen LogP contribution in [-0.2, 0) is 19.0 Å². The average Bonchev–Trinajstić information content (AvgIpc) is 2.40. The number of carbonyl (C=O) groups is 1. The van der Waals surface area contributed by atoms with E-state index in [4.69, 9.17) is 14.2 Å². The monoisotopic (exact) mass is 172 g/mol. The molecular formula is C8H12O4. The van der Waals surface area contributed by atoms with E-state index in [1.807, 2.05) is 13.8 Å². The topological polar surface area (TPSA) is 44.8 Å². The first-order chi connectivity index (χ1) is 5.61. The van der Waals surface area contributed by atoms with Crippen molar-refractivity contribution in [2.24, 2.45) is 0 Å². The Morgan fingerprint density at radius 3 is 2.75 bits per heavy atom. The maximum Gasteiger partial charge on any atom is 0.188 e. The van der Waals surface area contributed by atoms with Crippen molar-refractivity contribution in [2.75, 3.05) is 0 Å². The van der Waals surface area contributed by atoms with Gasteiger partial charge < -0.3 is 19.0 Å². The molecule has 0 bridgehead atoms. The van der Waals surface area contributed by atoms with Crippen LogP contribution in [-0.4, -0.2) is 30.6 Å². The molecule has 2 saturated heterocycles. The van der Waals surface area contributed by atoms with Crippen molar-refractivity contribution >= 4 is 6.29 Å². The summed E-state index contributed by atoms with van der Waals surface area (Å²) in [6, 6.07) is 0. The van der Waals surface area contributed by atoms with Crippen LogP contribution >= 0.6 is 0 Å². The molecule has 0 aliphatic carbocycles. The van der Waals surface area contributed by atoms with Crippen LogP contribution in [0.1, 0.15) is 20.3 Å². The van der Waals surface area contributed by atoms with Gasteiger partial charge >= 0.3 is 0 Å². The molecule has 0 aromatic rings. The van der Waals surface area contributed by atoms with Gasteiger partial charge in [0.1, 0.15) is 18.5 Å². The molecule has 0 aromatic carbocycles. The van der Waals surface area contributed by atoms with Gasteiger partial charge in [0.15, 0.2) is 12.1 Å².